The van der Waals surface area contributed by atoms with E-state index >= 15 is 0 Å². The molecule has 0 bridgehead atoms. The molecule has 0 saturated carbocycles. The largest absolute Gasteiger partial charge is 0.369 e. The van der Waals surface area contributed by atoms with Crippen LogP contribution in [0, 0.1) is 5.82 Å². The summed E-state index contributed by atoms with van der Waals surface area (Å²) >= 11 is 1.54. The van der Waals surface area contributed by atoms with Crippen LogP contribution in [-0.4, -0.2) is 16.5 Å². The highest BCUT2D eigenvalue weighted by Crippen LogP contribution is 2.22. The first-order chi connectivity index (χ1) is 8.78. The molecule has 1 heterocycles. The number of anilines is 1. The monoisotopic (exact) mass is 263 g/mol. The number of halogens is 1. The van der Waals surface area contributed by atoms with Crippen molar-refractivity contribution in [2.24, 2.45) is 0 Å². The molecule has 0 unspecified atom stereocenters. The molecule has 2 rings (SSSR count). The number of hydrogen-bond donors (Lipinski definition) is 1. The normalized spacial score (nSPS) is 10.3. The minimum atomic E-state index is -0.214. The Morgan fingerprint density at radius 1 is 1.28 bits per heavy atom. The number of benzene rings is 1. The predicted molar refractivity (Wildman–Crippen MR) is 72.2 cm³/mol. The van der Waals surface area contributed by atoms with Crippen LogP contribution in [0.25, 0.3) is 0 Å². The Labute approximate surface area is 110 Å². The number of hydrogen-bond acceptors (Lipinski definition) is 4. The molecule has 0 aliphatic rings. The van der Waals surface area contributed by atoms with Gasteiger partial charge in [-0.15, -0.1) is 11.8 Å². The van der Waals surface area contributed by atoms with Crippen LogP contribution in [0.2, 0.25) is 0 Å². The molecule has 0 radical (unpaired) electrons. The molecule has 1 aromatic heterocycles. The second-order valence-electron chi connectivity index (χ2n) is 3.67. The third-order valence-electron chi connectivity index (χ3n) is 2.25. The number of rotatable bonds is 5. The first-order valence-corrected chi connectivity index (χ1v) is 6.69. The summed E-state index contributed by atoms with van der Waals surface area (Å²) in [7, 11) is 0. The van der Waals surface area contributed by atoms with Crippen molar-refractivity contribution in [2.45, 2.75) is 17.6 Å². The maximum Gasteiger partial charge on any atom is 0.144 e. The van der Waals surface area contributed by atoms with E-state index in [-0.39, 0.29) is 5.82 Å². The second kappa shape index (κ2) is 6.35. The Kier molecular flexibility index (Phi) is 4.52. The molecule has 0 saturated heterocycles. The SMILES string of the molecule is CCNc1cnc(CSc2cccc(F)c2)cn1. The van der Waals surface area contributed by atoms with Gasteiger partial charge in [-0.3, -0.25) is 4.98 Å². The lowest BCUT2D eigenvalue weighted by Crippen LogP contribution is -2.00. The fourth-order valence-electron chi connectivity index (χ4n) is 1.42. The van der Waals surface area contributed by atoms with Crippen molar-refractivity contribution in [3.8, 4) is 0 Å². The predicted octanol–water partition coefficient (Wildman–Crippen LogP) is 3.34. The van der Waals surface area contributed by atoms with Crippen molar-refractivity contribution < 1.29 is 4.39 Å². The van der Waals surface area contributed by atoms with Gasteiger partial charge in [0.05, 0.1) is 18.1 Å². The Balaban J connectivity index is 1.93. The summed E-state index contributed by atoms with van der Waals surface area (Å²) in [5.41, 5.74) is 0.880. The highest BCUT2D eigenvalue weighted by atomic mass is 32.2. The van der Waals surface area contributed by atoms with Crippen molar-refractivity contribution in [1.29, 1.82) is 0 Å². The number of thioether (sulfide) groups is 1. The fraction of sp³-hybridized carbons (Fsp3) is 0.231. The maximum atomic E-state index is 13.0. The van der Waals surface area contributed by atoms with Crippen LogP contribution in [-0.2, 0) is 5.75 Å². The van der Waals surface area contributed by atoms with Gasteiger partial charge in [-0.05, 0) is 25.1 Å². The Bertz CT molecular complexity index is 502. The van der Waals surface area contributed by atoms with E-state index in [0.29, 0.717) is 5.75 Å². The summed E-state index contributed by atoms with van der Waals surface area (Å²) in [6.45, 7) is 2.83. The molecule has 0 aliphatic carbocycles. The number of nitrogens with one attached hydrogen (secondary N) is 1. The highest BCUT2D eigenvalue weighted by molar-refractivity contribution is 7.98. The van der Waals surface area contributed by atoms with E-state index < -0.39 is 0 Å². The molecule has 1 aromatic carbocycles. The van der Waals surface area contributed by atoms with Crippen LogP contribution in [0.4, 0.5) is 10.2 Å². The van der Waals surface area contributed by atoms with E-state index in [1.54, 1.807) is 30.2 Å². The summed E-state index contributed by atoms with van der Waals surface area (Å²) < 4.78 is 13.0. The molecule has 5 heteroatoms. The van der Waals surface area contributed by atoms with E-state index in [4.69, 9.17) is 0 Å². The summed E-state index contributed by atoms with van der Waals surface area (Å²) in [6, 6.07) is 6.55. The van der Waals surface area contributed by atoms with Crippen molar-refractivity contribution in [3.63, 3.8) is 0 Å². The van der Waals surface area contributed by atoms with Gasteiger partial charge in [-0.1, -0.05) is 6.07 Å². The van der Waals surface area contributed by atoms with Gasteiger partial charge in [0.25, 0.3) is 0 Å². The molecule has 0 aliphatic heterocycles. The average molecular weight is 263 g/mol. The Morgan fingerprint density at radius 3 is 2.83 bits per heavy atom. The average Bonchev–Trinajstić information content (AvgIpc) is 2.38. The molecule has 0 atom stereocenters. The lowest BCUT2D eigenvalue weighted by molar-refractivity contribution is 0.624. The van der Waals surface area contributed by atoms with Gasteiger partial charge >= 0.3 is 0 Å². The standard InChI is InChI=1S/C13H14FN3S/c1-2-15-13-8-16-11(7-17-13)9-18-12-5-3-4-10(14)6-12/h3-8H,2,9H2,1H3,(H,15,17). The molecule has 0 amide bonds. The van der Waals surface area contributed by atoms with Gasteiger partial charge in [0.1, 0.15) is 11.6 Å². The van der Waals surface area contributed by atoms with Gasteiger partial charge in [0.2, 0.25) is 0 Å². The third kappa shape index (κ3) is 3.70. The molecular weight excluding hydrogens is 249 g/mol. The molecule has 0 fully saturated rings. The van der Waals surface area contributed by atoms with Crippen molar-refractivity contribution >= 4 is 17.6 Å². The van der Waals surface area contributed by atoms with Crippen LogP contribution in [0.3, 0.4) is 0 Å². The van der Waals surface area contributed by atoms with Gasteiger partial charge in [-0.25, -0.2) is 9.37 Å². The van der Waals surface area contributed by atoms with Crippen LogP contribution in [0.1, 0.15) is 12.6 Å². The fourth-order valence-corrected chi connectivity index (χ4v) is 2.25. The molecule has 0 spiro atoms. The summed E-state index contributed by atoms with van der Waals surface area (Å²) in [5.74, 6) is 1.24. The van der Waals surface area contributed by atoms with Gasteiger partial charge in [-0.2, -0.15) is 0 Å². The summed E-state index contributed by atoms with van der Waals surface area (Å²) in [4.78, 5) is 9.43. The zero-order valence-electron chi connectivity index (χ0n) is 10.1. The smallest absolute Gasteiger partial charge is 0.144 e. The van der Waals surface area contributed by atoms with Crippen LogP contribution in [0.5, 0.6) is 0 Å². The molecule has 18 heavy (non-hydrogen) atoms. The quantitative estimate of drug-likeness (QED) is 0.840. The van der Waals surface area contributed by atoms with E-state index in [0.717, 1.165) is 23.0 Å². The number of nitrogens with zero attached hydrogens (tertiary/aromatic N) is 2. The first kappa shape index (κ1) is 12.8. The second-order valence-corrected chi connectivity index (χ2v) is 4.72. The van der Waals surface area contributed by atoms with Crippen LogP contribution in [0.15, 0.2) is 41.6 Å². The maximum absolute atomic E-state index is 13.0. The van der Waals surface area contributed by atoms with Crippen molar-refractivity contribution in [1.82, 2.24) is 9.97 Å². The number of aromatic nitrogens is 2. The van der Waals surface area contributed by atoms with Crippen LogP contribution >= 0.6 is 11.8 Å². The van der Waals surface area contributed by atoms with Gasteiger partial charge in [0, 0.05) is 17.2 Å². The molecular formula is C13H14FN3S. The molecule has 1 N–H and O–H groups in total. The molecule has 94 valence electrons. The van der Waals surface area contributed by atoms with Gasteiger partial charge < -0.3 is 5.32 Å². The Morgan fingerprint density at radius 2 is 2.17 bits per heavy atom. The zero-order valence-corrected chi connectivity index (χ0v) is 10.9. The topological polar surface area (TPSA) is 37.8 Å². The lowest BCUT2D eigenvalue weighted by Gasteiger charge is -2.04. The summed E-state index contributed by atoms with van der Waals surface area (Å²) in [5, 5.41) is 3.09. The van der Waals surface area contributed by atoms with E-state index in [1.807, 2.05) is 13.0 Å². The minimum Gasteiger partial charge on any atom is -0.369 e. The first-order valence-electron chi connectivity index (χ1n) is 5.71. The minimum absolute atomic E-state index is 0.214. The summed E-state index contributed by atoms with van der Waals surface area (Å²) in [6.07, 6.45) is 3.45. The van der Waals surface area contributed by atoms with Gasteiger partial charge in [0.15, 0.2) is 0 Å². The molecule has 2 aromatic rings. The zero-order chi connectivity index (χ0) is 12.8. The lowest BCUT2D eigenvalue weighted by atomic mass is 10.4. The highest BCUT2D eigenvalue weighted by Gasteiger charge is 2.00. The third-order valence-corrected chi connectivity index (χ3v) is 3.27. The van der Waals surface area contributed by atoms with E-state index in [2.05, 4.69) is 15.3 Å². The Hall–Kier alpha value is -1.62. The van der Waals surface area contributed by atoms with Crippen molar-refractivity contribution in [2.75, 3.05) is 11.9 Å². The molecule has 3 nitrogen and oxygen atoms in total. The van der Waals surface area contributed by atoms with Crippen molar-refractivity contribution in [3.05, 3.63) is 48.2 Å². The van der Waals surface area contributed by atoms with Crippen LogP contribution < -0.4 is 5.32 Å². The van der Waals surface area contributed by atoms with E-state index in [1.165, 1.54) is 12.1 Å². The van der Waals surface area contributed by atoms with E-state index in [9.17, 15) is 4.39 Å².